The van der Waals surface area contributed by atoms with Crippen molar-refractivity contribution in [3.05, 3.63) is 0 Å². The SMILES string of the molecule is CC(C)CN1C(CO)CNCCC1(C)C. The maximum absolute atomic E-state index is 9.45. The summed E-state index contributed by atoms with van der Waals surface area (Å²) in [6.45, 7) is 12.3. The second-order valence-corrected chi connectivity index (χ2v) is 5.65. The molecule has 2 N–H and O–H groups in total. The maximum Gasteiger partial charge on any atom is 0.0599 e. The van der Waals surface area contributed by atoms with Crippen molar-refractivity contribution in [3.63, 3.8) is 0 Å². The predicted molar refractivity (Wildman–Crippen MR) is 64.0 cm³/mol. The zero-order chi connectivity index (χ0) is 11.5. The van der Waals surface area contributed by atoms with Crippen LogP contribution in [0, 0.1) is 5.92 Å². The number of nitrogens with zero attached hydrogens (tertiary/aromatic N) is 1. The molecule has 1 heterocycles. The monoisotopic (exact) mass is 214 g/mol. The highest BCUT2D eigenvalue weighted by Crippen LogP contribution is 2.24. The largest absolute Gasteiger partial charge is 0.395 e. The average Bonchev–Trinajstić information content (AvgIpc) is 2.26. The Kier molecular flexibility index (Phi) is 4.56. The molecule has 0 aromatic carbocycles. The molecule has 90 valence electrons. The highest BCUT2D eigenvalue weighted by Gasteiger charge is 2.34. The van der Waals surface area contributed by atoms with Crippen LogP contribution in [0.15, 0.2) is 0 Å². The summed E-state index contributed by atoms with van der Waals surface area (Å²) >= 11 is 0. The fourth-order valence-corrected chi connectivity index (χ4v) is 2.36. The summed E-state index contributed by atoms with van der Waals surface area (Å²) in [5.74, 6) is 0.649. The number of aliphatic hydroxyl groups excluding tert-OH is 1. The highest BCUT2D eigenvalue weighted by molar-refractivity contribution is 4.91. The van der Waals surface area contributed by atoms with E-state index in [2.05, 4.69) is 37.9 Å². The predicted octanol–water partition coefficient (Wildman–Crippen LogP) is 1.08. The summed E-state index contributed by atoms with van der Waals surface area (Å²) in [7, 11) is 0. The van der Waals surface area contributed by atoms with E-state index in [-0.39, 0.29) is 18.2 Å². The third-order valence-electron chi connectivity index (χ3n) is 3.28. The van der Waals surface area contributed by atoms with Gasteiger partial charge in [0.25, 0.3) is 0 Å². The van der Waals surface area contributed by atoms with Gasteiger partial charge in [0.15, 0.2) is 0 Å². The first-order chi connectivity index (χ1) is 6.97. The summed E-state index contributed by atoms with van der Waals surface area (Å²) in [6.07, 6.45) is 1.15. The smallest absolute Gasteiger partial charge is 0.0599 e. The summed E-state index contributed by atoms with van der Waals surface area (Å²) < 4.78 is 0. The lowest BCUT2D eigenvalue weighted by Gasteiger charge is -2.42. The van der Waals surface area contributed by atoms with Crippen LogP contribution in [0.5, 0.6) is 0 Å². The third-order valence-corrected chi connectivity index (χ3v) is 3.28. The number of aliphatic hydroxyl groups is 1. The van der Waals surface area contributed by atoms with Crippen LogP contribution < -0.4 is 5.32 Å². The van der Waals surface area contributed by atoms with Crippen LogP contribution in [0.1, 0.15) is 34.1 Å². The fraction of sp³-hybridized carbons (Fsp3) is 1.00. The first-order valence-corrected chi connectivity index (χ1v) is 6.05. The Bertz CT molecular complexity index is 192. The lowest BCUT2D eigenvalue weighted by molar-refractivity contribution is 0.0353. The van der Waals surface area contributed by atoms with Crippen molar-refractivity contribution in [1.29, 1.82) is 0 Å². The molecule has 1 rings (SSSR count). The van der Waals surface area contributed by atoms with E-state index in [9.17, 15) is 5.11 Å². The molecule has 0 aliphatic carbocycles. The van der Waals surface area contributed by atoms with Crippen molar-refractivity contribution < 1.29 is 5.11 Å². The van der Waals surface area contributed by atoms with Gasteiger partial charge in [-0.3, -0.25) is 4.90 Å². The fourth-order valence-electron chi connectivity index (χ4n) is 2.36. The molecule has 1 atom stereocenters. The van der Waals surface area contributed by atoms with Crippen LogP contribution in [0.25, 0.3) is 0 Å². The van der Waals surface area contributed by atoms with Crippen molar-refractivity contribution in [3.8, 4) is 0 Å². The van der Waals surface area contributed by atoms with Gasteiger partial charge in [0, 0.05) is 24.7 Å². The van der Waals surface area contributed by atoms with Crippen LogP contribution in [-0.2, 0) is 0 Å². The minimum absolute atomic E-state index is 0.196. The van der Waals surface area contributed by atoms with Crippen LogP contribution in [0.4, 0.5) is 0 Å². The van der Waals surface area contributed by atoms with E-state index in [0.29, 0.717) is 5.92 Å². The Labute approximate surface area is 93.9 Å². The maximum atomic E-state index is 9.45. The van der Waals surface area contributed by atoms with Gasteiger partial charge in [-0.15, -0.1) is 0 Å². The Balaban J connectivity index is 2.77. The Morgan fingerprint density at radius 1 is 1.47 bits per heavy atom. The lowest BCUT2D eigenvalue weighted by atomic mass is 9.95. The van der Waals surface area contributed by atoms with E-state index in [0.717, 1.165) is 26.1 Å². The molecular formula is C12H26N2O. The summed E-state index contributed by atoms with van der Waals surface area (Å²) in [6, 6.07) is 0.268. The van der Waals surface area contributed by atoms with E-state index < -0.39 is 0 Å². The molecule has 1 aliphatic rings. The molecule has 3 heteroatoms. The number of nitrogens with one attached hydrogen (secondary N) is 1. The minimum Gasteiger partial charge on any atom is -0.395 e. The van der Waals surface area contributed by atoms with Crippen molar-refractivity contribution in [2.24, 2.45) is 5.92 Å². The Hall–Kier alpha value is -0.120. The van der Waals surface area contributed by atoms with Crippen LogP contribution >= 0.6 is 0 Å². The molecular weight excluding hydrogens is 188 g/mol. The summed E-state index contributed by atoms with van der Waals surface area (Å²) in [5.41, 5.74) is 0.196. The quantitative estimate of drug-likeness (QED) is 0.738. The molecule has 0 radical (unpaired) electrons. The Morgan fingerprint density at radius 2 is 2.13 bits per heavy atom. The standard InChI is InChI=1S/C12H26N2O/c1-10(2)8-14-11(9-15)7-13-6-5-12(14,3)4/h10-11,13,15H,5-9H2,1-4H3. The molecule has 1 fully saturated rings. The molecule has 15 heavy (non-hydrogen) atoms. The lowest BCUT2D eigenvalue weighted by Crippen LogP contribution is -2.53. The normalized spacial score (nSPS) is 28.0. The first-order valence-electron chi connectivity index (χ1n) is 6.05. The third kappa shape index (κ3) is 3.44. The van der Waals surface area contributed by atoms with Gasteiger partial charge >= 0.3 is 0 Å². The van der Waals surface area contributed by atoms with Crippen molar-refractivity contribution in [2.75, 3.05) is 26.2 Å². The van der Waals surface area contributed by atoms with Crippen molar-refractivity contribution >= 4 is 0 Å². The van der Waals surface area contributed by atoms with Crippen LogP contribution in [-0.4, -0.2) is 47.8 Å². The molecule has 0 bridgehead atoms. The van der Waals surface area contributed by atoms with Crippen molar-refractivity contribution in [2.45, 2.75) is 45.7 Å². The van der Waals surface area contributed by atoms with Gasteiger partial charge in [-0.2, -0.15) is 0 Å². The Morgan fingerprint density at radius 3 is 2.67 bits per heavy atom. The highest BCUT2D eigenvalue weighted by atomic mass is 16.3. The first kappa shape index (κ1) is 12.9. The van der Waals surface area contributed by atoms with E-state index in [1.807, 2.05) is 0 Å². The minimum atomic E-state index is 0.196. The van der Waals surface area contributed by atoms with E-state index >= 15 is 0 Å². The molecule has 1 saturated heterocycles. The zero-order valence-corrected chi connectivity index (χ0v) is 10.6. The summed E-state index contributed by atoms with van der Waals surface area (Å²) in [5, 5.41) is 12.9. The van der Waals surface area contributed by atoms with Gasteiger partial charge < -0.3 is 10.4 Å². The summed E-state index contributed by atoms with van der Waals surface area (Å²) in [4.78, 5) is 2.47. The second kappa shape index (κ2) is 5.28. The molecule has 0 aromatic rings. The molecule has 0 saturated carbocycles. The van der Waals surface area contributed by atoms with Gasteiger partial charge in [0.1, 0.15) is 0 Å². The molecule has 3 nitrogen and oxygen atoms in total. The number of hydrogen-bond donors (Lipinski definition) is 2. The second-order valence-electron chi connectivity index (χ2n) is 5.65. The van der Waals surface area contributed by atoms with Crippen LogP contribution in [0.3, 0.4) is 0 Å². The van der Waals surface area contributed by atoms with Gasteiger partial charge in [0.05, 0.1) is 6.61 Å². The van der Waals surface area contributed by atoms with Crippen molar-refractivity contribution in [1.82, 2.24) is 10.2 Å². The van der Waals surface area contributed by atoms with E-state index in [1.165, 1.54) is 0 Å². The average molecular weight is 214 g/mol. The topological polar surface area (TPSA) is 35.5 Å². The molecule has 1 unspecified atom stereocenters. The van der Waals surface area contributed by atoms with Gasteiger partial charge in [-0.1, -0.05) is 13.8 Å². The molecule has 0 amide bonds. The van der Waals surface area contributed by atoms with E-state index in [1.54, 1.807) is 0 Å². The van der Waals surface area contributed by atoms with Gasteiger partial charge in [0.2, 0.25) is 0 Å². The number of hydrogen-bond acceptors (Lipinski definition) is 3. The van der Waals surface area contributed by atoms with Crippen LogP contribution in [0.2, 0.25) is 0 Å². The molecule has 0 aromatic heterocycles. The number of rotatable bonds is 3. The van der Waals surface area contributed by atoms with Gasteiger partial charge in [-0.05, 0) is 32.7 Å². The molecule has 0 spiro atoms. The van der Waals surface area contributed by atoms with Gasteiger partial charge in [-0.25, -0.2) is 0 Å². The molecule has 1 aliphatic heterocycles. The zero-order valence-electron chi connectivity index (χ0n) is 10.6. The van der Waals surface area contributed by atoms with E-state index in [4.69, 9.17) is 0 Å².